The Morgan fingerprint density at radius 1 is 1.47 bits per heavy atom. The van der Waals surface area contributed by atoms with E-state index in [1.807, 2.05) is 6.26 Å². The summed E-state index contributed by atoms with van der Waals surface area (Å²) in [6.45, 7) is 0.354. The number of hydrogen-bond acceptors (Lipinski definition) is 4. The first kappa shape index (κ1) is 14.6. The van der Waals surface area contributed by atoms with Gasteiger partial charge in [-0.15, -0.1) is 0 Å². The first-order chi connectivity index (χ1) is 8.88. The first-order valence-electron chi connectivity index (χ1n) is 5.98. The third-order valence-electron chi connectivity index (χ3n) is 3.55. The summed E-state index contributed by atoms with van der Waals surface area (Å²) in [5, 5.41) is 0. The highest BCUT2D eigenvalue weighted by Gasteiger charge is 2.37. The lowest BCUT2D eigenvalue weighted by molar-refractivity contribution is 0.362. The number of thioether (sulfide) groups is 1. The molecule has 0 radical (unpaired) electrons. The van der Waals surface area contributed by atoms with E-state index < -0.39 is 15.8 Å². The maximum absolute atomic E-state index is 13.1. The van der Waals surface area contributed by atoms with Gasteiger partial charge in [-0.05, 0) is 37.3 Å². The van der Waals surface area contributed by atoms with Crippen LogP contribution in [0, 0.1) is 5.82 Å². The van der Waals surface area contributed by atoms with Crippen molar-refractivity contribution in [3.63, 3.8) is 0 Å². The number of nitrogens with one attached hydrogen (secondary N) is 1. The molecule has 7 heteroatoms. The van der Waals surface area contributed by atoms with E-state index >= 15 is 0 Å². The van der Waals surface area contributed by atoms with Gasteiger partial charge in [-0.25, -0.2) is 17.5 Å². The molecule has 1 saturated carbocycles. The van der Waals surface area contributed by atoms with Crippen molar-refractivity contribution in [2.24, 2.45) is 0 Å². The molecule has 4 nitrogen and oxygen atoms in total. The van der Waals surface area contributed by atoms with Gasteiger partial charge >= 0.3 is 0 Å². The molecule has 0 saturated heterocycles. The predicted octanol–water partition coefficient (Wildman–Crippen LogP) is 1.97. The number of rotatable bonds is 5. The molecule has 1 aliphatic rings. The molecule has 3 N–H and O–H groups in total. The number of nitrogen functional groups attached to an aromatic ring is 1. The number of nitrogens with two attached hydrogens (primary N) is 1. The van der Waals surface area contributed by atoms with Crippen molar-refractivity contribution in [2.75, 3.05) is 18.5 Å². The molecule has 0 bridgehead atoms. The van der Waals surface area contributed by atoms with Gasteiger partial charge in [-0.3, -0.25) is 0 Å². The third-order valence-corrected chi connectivity index (χ3v) is 6.42. The lowest BCUT2D eigenvalue weighted by Gasteiger charge is -2.40. The fourth-order valence-electron chi connectivity index (χ4n) is 2.07. The summed E-state index contributed by atoms with van der Waals surface area (Å²) in [7, 11) is -3.76. The third kappa shape index (κ3) is 3.04. The number of anilines is 1. The van der Waals surface area contributed by atoms with E-state index in [0.717, 1.165) is 31.4 Å². The normalized spacial score (nSPS) is 18.0. The number of sulfonamides is 1. The Bertz CT molecular complexity index is 566. The highest BCUT2D eigenvalue weighted by atomic mass is 32.2. The molecule has 0 unspecified atom stereocenters. The minimum absolute atomic E-state index is 0.0187. The van der Waals surface area contributed by atoms with Gasteiger partial charge in [0.05, 0.1) is 5.69 Å². The minimum Gasteiger partial charge on any atom is -0.398 e. The van der Waals surface area contributed by atoms with Crippen molar-refractivity contribution in [1.29, 1.82) is 0 Å². The molecule has 2 rings (SSSR count). The van der Waals surface area contributed by atoms with Gasteiger partial charge in [0, 0.05) is 11.3 Å². The summed E-state index contributed by atoms with van der Waals surface area (Å²) < 4.78 is 39.9. The molecule has 0 spiro atoms. The molecule has 106 valence electrons. The van der Waals surface area contributed by atoms with Gasteiger partial charge in [-0.1, -0.05) is 6.42 Å². The molecule has 0 atom stereocenters. The Hall–Kier alpha value is -0.790. The van der Waals surface area contributed by atoms with Crippen LogP contribution in [-0.4, -0.2) is 26.0 Å². The van der Waals surface area contributed by atoms with Crippen LogP contribution in [0.4, 0.5) is 10.1 Å². The monoisotopic (exact) mass is 304 g/mol. The van der Waals surface area contributed by atoms with Crippen molar-refractivity contribution >= 4 is 27.5 Å². The molecule has 0 aliphatic heterocycles. The van der Waals surface area contributed by atoms with Gasteiger partial charge in [-0.2, -0.15) is 11.8 Å². The van der Waals surface area contributed by atoms with Crippen molar-refractivity contribution in [3.8, 4) is 0 Å². The molecule has 1 aromatic carbocycles. The van der Waals surface area contributed by atoms with E-state index in [2.05, 4.69) is 4.72 Å². The van der Waals surface area contributed by atoms with Crippen LogP contribution >= 0.6 is 11.8 Å². The topological polar surface area (TPSA) is 72.2 Å². The Labute approximate surface area is 117 Å². The summed E-state index contributed by atoms with van der Waals surface area (Å²) in [5.41, 5.74) is 5.66. The molecule has 0 aromatic heterocycles. The van der Waals surface area contributed by atoms with Crippen LogP contribution < -0.4 is 10.5 Å². The molecule has 0 amide bonds. The molecule has 1 fully saturated rings. The van der Waals surface area contributed by atoms with Crippen LogP contribution in [0.5, 0.6) is 0 Å². The zero-order valence-electron chi connectivity index (χ0n) is 10.6. The van der Waals surface area contributed by atoms with E-state index in [9.17, 15) is 12.8 Å². The maximum Gasteiger partial charge on any atom is 0.242 e. The highest BCUT2D eigenvalue weighted by molar-refractivity contribution is 8.00. The van der Waals surface area contributed by atoms with Gasteiger partial charge in [0.2, 0.25) is 10.0 Å². The summed E-state index contributed by atoms with van der Waals surface area (Å²) in [6.07, 6.45) is 5.08. The quantitative estimate of drug-likeness (QED) is 0.816. The number of hydrogen-bond donors (Lipinski definition) is 2. The smallest absolute Gasteiger partial charge is 0.242 e. The van der Waals surface area contributed by atoms with Crippen LogP contribution in [0.1, 0.15) is 19.3 Å². The first-order valence-corrected chi connectivity index (χ1v) is 8.69. The van der Waals surface area contributed by atoms with Crippen molar-refractivity contribution in [3.05, 3.63) is 24.0 Å². The number of benzene rings is 1. The Kier molecular flexibility index (Phi) is 4.08. The average molecular weight is 304 g/mol. The van der Waals surface area contributed by atoms with Gasteiger partial charge < -0.3 is 5.73 Å². The average Bonchev–Trinajstić information content (AvgIpc) is 2.31. The zero-order valence-corrected chi connectivity index (χ0v) is 12.3. The van der Waals surface area contributed by atoms with Crippen molar-refractivity contribution in [1.82, 2.24) is 4.72 Å². The second-order valence-electron chi connectivity index (χ2n) is 4.75. The second-order valence-corrected chi connectivity index (χ2v) is 7.76. The highest BCUT2D eigenvalue weighted by Crippen LogP contribution is 2.42. The van der Waals surface area contributed by atoms with Crippen LogP contribution in [0.3, 0.4) is 0 Å². The Morgan fingerprint density at radius 3 is 2.68 bits per heavy atom. The van der Waals surface area contributed by atoms with Crippen molar-refractivity contribution in [2.45, 2.75) is 28.9 Å². The summed E-state index contributed by atoms with van der Waals surface area (Å²) >= 11 is 1.67. The van der Waals surface area contributed by atoms with Crippen molar-refractivity contribution < 1.29 is 12.8 Å². The van der Waals surface area contributed by atoms with Crippen LogP contribution in [0.2, 0.25) is 0 Å². The predicted molar refractivity (Wildman–Crippen MR) is 76.1 cm³/mol. The lowest BCUT2D eigenvalue weighted by atomic mass is 9.84. The molecular weight excluding hydrogens is 287 g/mol. The van der Waals surface area contributed by atoms with E-state index in [1.165, 1.54) is 6.07 Å². The van der Waals surface area contributed by atoms with E-state index in [1.54, 1.807) is 11.8 Å². The Balaban J connectivity index is 2.16. The molecule has 19 heavy (non-hydrogen) atoms. The second kappa shape index (κ2) is 5.30. The molecule has 1 aliphatic carbocycles. The summed E-state index contributed by atoms with van der Waals surface area (Å²) in [6, 6.07) is 3.35. The van der Waals surface area contributed by atoms with E-state index in [0.29, 0.717) is 6.54 Å². The summed E-state index contributed by atoms with van der Waals surface area (Å²) in [5.74, 6) is -0.613. The zero-order chi connectivity index (χ0) is 14.1. The molecule has 1 aromatic rings. The number of halogens is 1. The minimum atomic E-state index is -3.76. The van der Waals surface area contributed by atoms with Gasteiger partial charge in [0.15, 0.2) is 0 Å². The van der Waals surface area contributed by atoms with E-state index in [4.69, 9.17) is 5.73 Å². The van der Waals surface area contributed by atoms with Crippen LogP contribution in [-0.2, 0) is 10.0 Å². The molecule has 0 heterocycles. The van der Waals surface area contributed by atoms with Crippen LogP contribution in [0.25, 0.3) is 0 Å². The fourth-order valence-corrected chi connectivity index (χ4v) is 4.34. The van der Waals surface area contributed by atoms with Crippen LogP contribution in [0.15, 0.2) is 23.1 Å². The van der Waals surface area contributed by atoms with Gasteiger partial charge in [0.1, 0.15) is 10.7 Å². The standard InChI is InChI=1S/C12H17FN2O2S2/c1-18-12(5-2-6-12)8-15-19(16,17)11-7-9(13)3-4-10(11)14/h3-4,7,15H,2,5-6,8,14H2,1H3. The van der Waals surface area contributed by atoms with Gasteiger partial charge in [0.25, 0.3) is 0 Å². The fraction of sp³-hybridized carbons (Fsp3) is 0.500. The SMILES string of the molecule is CSC1(CNS(=O)(=O)c2cc(F)ccc2N)CCC1. The maximum atomic E-state index is 13.1. The Morgan fingerprint density at radius 2 is 2.16 bits per heavy atom. The lowest BCUT2D eigenvalue weighted by Crippen LogP contribution is -2.45. The molecular formula is C12H17FN2O2S2. The largest absolute Gasteiger partial charge is 0.398 e. The van der Waals surface area contributed by atoms with E-state index in [-0.39, 0.29) is 15.3 Å². The summed E-state index contributed by atoms with van der Waals surface area (Å²) in [4.78, 5) is -0.192.